The number of hydrogen-bond acceptors (Lipinski definition) is 5. The predicted octanol–water partition coefficient (Wildman–Crippen LogP) is 3.92. The van der Waals surface area contributed by atoms with Gasteiger partial charge in [0.25, 0.3) is 0 Å². The van der Waals surface area contributed by atoms with Crippen molar-refractivity contribution in [2.75, 3.05) is 5.32 Å². The molecule has 7 nitrogen and oxygen atoms in total. The van der Waals surface area contributed by atoms with Crippen LogP contribution in [-0.2, 0) is 9.59 Å². The van der Waals surface area contributed by atoms with Gasteiger partial charge in [0.2, 0.25) is 0 Å². The zero-order valence-electron chi connectivity index (χ0n) is 18.0. The van der Waals surface area contributed by atoms with Crippen molar-refractivity contribution in [1.29, 1.82) is 0 Å². The van der Waals surface area contributed by atoms with Crippen LogP contribution in [0.2, 0.25) is 0 Å². The SMILES string of the molecule is Cc1cccc(C(=O)Oc2ccccc2/C=N/NC(=O)C(=O)Nc2c(C)cccc2C)c1. The van der Waals surface area contributed by atoms with E-state index in [4.69, 9.17) is 4.74 Å². The number of nitrogens with zero attached hydrogens (tertiary/aromatic N) is 1. The molecule has 7 heteroatoms. The Balaban J connectivity index is 1.65. The molecular weight excluding hydrogens is 406 g/mol. The van der Waals surface area contributed by atoms with Gasteiger partial charge >= 0.3 is 17.8 Å². The maximum absolute atomic E-state index is 12.4. The minimum Gasteiger partial charge on any atom is -0.422 e. The number of hydrazone groups is 1. The number of benzene rings is 3. The van der Waals surface area contributed by atoms with E-state index in [2.05, 4.69) is 15.8 Å². The topological polar surface area (TPSA) is 96.9 Å². The van der Waals surface area contributed by atoms with Crippen LogP contribution in [-0.4, -0.2) is 24.0 Å². The van der Waals surface area contributed by atoms with Crippen LogP contribution in [0.1, 0.15) is 32.6 Å². The van der Waals surface area contributed by atoms with E-state index < -0.39 is 17.8 Å². The molecule has 0 saturated carbocycles. The van der Waals surface area contributed by atoms with Crippen LogP contribution in [0.4, 0.5) is 5.69 Å². The number of aryl methyl sites for hydroxylation is 3. The van der Waals surface area contributed by atoms with Crippen LogP contribution in [0.25, 0.3) is 0 Å². The molecule has 0 saturated heterocycles. The molecule has 3 rings (SSSR count). The van der Waals surface area contributed by atoms with E-state index in [1.165, 1.54) is 6.21 Å². The summed E-state index contributed by atoms with van der Waals surface area (Å²) >= 11 is 0. The highest BCUT2D eigenvalue weighted by atomic mass is 16.5. The summed E-state index contributed by atoms with van der Waals surface area (Å²) in [7, 11) is 0. The maximum atomic E-state index is 12.4. The summed E-state index contributed by atoms with van der Waals surface area (Å²) in [5.74, 6) is -1.99. The Morgan fingerprint density at radius 3 is 2.25 bits per heavy atom. The molecule has 0 aliphatic carbocycles. The van der Waals surface area contributed by atoms with E-state index in [0.717, 1.165) is 16.7 Å². The summed E-state index contributed by atoms with van der Waals surface area (Å²) in [5.41, 5.74) is 6.30. The highest BCUT2D eigenvalue weighted by Gasteiger charge is 2.15. The zero-order chi connectivity index (χ0) is 23.1. The molecule has 0 bridgehead atoms. The van der Waals surface area contributed by atoms with Gasteiger partial charge in [-0.25, -0.2) is 10.2 Å². The van der Waals surface area contributed by atoms with Crippen molar-refractivity contribution >= 4 is 29.7 Å². The Morgan fingerprint density at radius 2 is 1.53 bits per heavy atom. The molecule has 3 aromatic rings. The molecule has 2 amide bonds. The van der Waals surface area contributed by atoms with E-state index >= 15 is 0 Å². The zero-order valence-corrected chi connectivity index (χ0v) is 18.0. The minimum absolute atomic E-state index is 0.275. The number of hydrogen-bond donors (Lipinski definition) is 2. The molecule has 0 radical (unpaired) electrons. The van der Waals surface area contributed by atoms with Gasteiger partial charge in [0.05, 0.1) is 11.8 Å². The van der Waals surface area contributed by atoms with E-state index in [1.807, 2.05) is 45.0 Å². The van der Waals surface area contributed by atoms with Crippen molar-refractivity contribution in [2.45, 2.75) is 20.8 Å². The summed E-state index contributed by atoms with van der Waals surface area (Å²) in [6, 6.07) is 19.3. The van der Waals surface area contributed by atoms with Crippen LogP contribution in [0.3, 0.4) is 0 Å². The number of carbonyl (C=O) groups is 3. The molecule has 32 heavy (non-hydrogen) atoms. The van der Waals surface area contributed by atoms with Gasteiger partial charge in [-0.15, -0.1) is 0 Å². The third kappa shape index (κ3) is 5.66. The molecule has 0 heterocycles. The lowest BCUT2D eigenvalue weighted by molar-refractivity contribution is -0.136. The van der Waals surface area contributed by atoms with Gasteiger partial charge in [0, 0.05) is 11.3 Å². The van der Waals surface area contributed by atoms with E-state index in [1.54, 1.807) is 42.5 Å². The molecule has 162 valence electrons. The van der Waals surface area contributed by atoms with Crippen LogP contribution in [0.15, 0.2) is 71.8 Å². The van der Waals surface area contributed by atoms with Crippen LogP contribution < -0.4 is 15.5 Å². The second kappa shape index (κ2) is 10.2. The van der Waals surface area contributed by atoms with Gasteiger partial charge in [-0.3, -0.25) is 9.59 Å². The fourth-order valence-electron chi connectivity index (χ4n) is 3.00. The summed E-state index contributed by atoms with van der Waals surface area (Å²) in [4.78, 5) is 36.7. The number of carbonyl (C=O) groups excluding carboxylic acids is 3. The summed E-state index contributed by atoms with van der Waals surface area (Å²) in [6.07, 6.45) is 1.31. The standard InChI is InChI=1S/C25H23N3O4/c1-16-8-6-12-19(14-16)25(31)32-21-13-5-4-11-20(21)15-26-28-24(30)23(29)27-22-17(2)9-7-10-18(22)3/h4-15H,1-3H3,(H,27,29)(H,28,30)/b26-15+. The molecule has 3 aromatic carbocycles. The Kier molecular flexibility index (Phi) is 7.13. The number of amides is 2. The van der Waals surface area contributed by atoms with Crippen molar-refractivity contribution < 1.29 is 19.1 Å². The van der Waals surface area contributed by atoms with Gasteiger partial charge < -0.3 is 10.1 Å². The molecule has 0 spiro atoms. The number of esters is 1. The average Bonchev–Trinajstić information content (AvgIpc) is 2.77. The maximum Gasteiger partial charge on any atom is 0.343 e. The van der Waals surface area contributed by atoms with E-state index in [9.17, 15) is 14.4 Å². The van der Waals surface area contributed by atoms with Gasteiger partial charge in [-0.1, -0.05) is 48.0 Å². The van der Waals surface area contributed by atoms with Gasteiger partial charge in [-0.05, 0) is 56.2 Å². The smallest absolute Gasteiger partial charge is 0.343 e. The molecule has 0 aromatic heterocycles. The van der Waals surface area contributed by atoms with E-state index in [-0.39, 0.29) is 5.75 Å². The van der Waals surface area contributed by atoms with Crippen LogP contribution >= 0.6 is 0 Å². The Morgan fingerprint density at radius 1 is 0.844 bits per heavy atom. The van der Waals surface area contributed by atoms with Gasteiger partial charge in [0.1, 0.15) is 5.75 Å². The average molecular weight is 429 g/mol. The van der Waals surface area contributed by atoms with Crippen molar-refractivity contribution in [3.05, 3.63) is 94.5 Å². The number of rotatable bonds is 5. The van der Waals surface area contributed by atoms with Crippen molar-refractivity contribution in [3.63, 3.8) is 0 Å². The number of ether oxygens (including phenoxy) is 1. The molecule has 0 aliphatic heterocycles. The first kappa shape index (κ1) is 22.4. The minimum atomic E-state index is -0.918. The lowest BCUT2D eigenvalue weighted by atomic mass is 10.1. The van der Waals surface area contributed by atoms with E-state index in [0.29, 0.717) is 16.8 Å². The molecule has 0 atom stereocenters. The van der Waals surface area contributed by atoms with Crippen molar-refractivity contribution in [2.24, 2.45) is 5.10 Å². The second-order valence-corrected chi connectivity index (χ2v) is 7.22. The van der Waals surface area contributed by atoms with Crippen molar-refractivity contribution in [3.8, 4) is 5.75 Å². The van der Waals surface area contributed by atoms with Crippen molar-refractivity contribution in [1.82, 2.24) is 5.43 Å². The quantitative estimate of drug-likeness (QED) is 0.211. The lowest BCUT2D eigenvalue weighted by Gasteiger charge is -2.10. The number of para-hydroxylation sites is 2. The summed E-state index contributed by atoms with van der Waals surface area (Å²) in [6.45, 7) is 5.57. The Hall–Kier alpha value is -4.26. The third-order valence-electron chi connectivity index (χ3n) is 4.67. The lowest BCUT2D eigenvalue weighted by Crippen LogP contribution is -2.32. The molecule has 0 aliphatic rings. The summed E-state index contributed by atoms with van der Waals surface area (Å²) in [5, 5.41) is 6.42. The second-order valence-electron chi connectivity index (χ2n) is 7.22. The Labute approximate surface area is 186 Å². The third-order valence-corrected chi connectivity index (χ3v) is 4.67. The monoisotopic (exact) mass is 429 g/mol. The highest BCUT2D eigenvalue weighted by molar-refractivity contribution is 6.39. The first-order valence-corrected chi connectivity index (χ1v) is 9.93. The highest BCUT2D eigenvalue weighted by Crippen LogP contribution is 2.19. The predicted molar refractivity (Wildman–Crippen MR) is 123 cm³/mol. The van der Waals surface area contributed by atoms with Crippen LogP contribution in [0, 0.1) is 20.8 Å². The van der Waals surface area contributed by atoms with Gasteiger partial charge in [-0.2, -0.15) is 5.10 Å². The first-order chi connectivity index (χ1) is 15.3. The fraction of sp³-hybridized carbons (Fsp3) is 0.120. The molecule has 0 unspecified atom stereocenters. The number of anilines is 1. The van der Waals surface area contributed by atoms with Crippen LogP contribution in [0.5, 0.6) is 5.75 Å². The molecule has 0 fully saturated rings. The number of nitrogens with one attached hydrogen (secondary N) is 2. The first-order valence-electron chi connectivity index (χ1n) is 9.93. The normalized spacial score (nSPS) is 10.6. The summed E-state index contributed by atoms with van der Waals surface area (Å²) < 4.78 is 5.47. The molecule has 2 N–H and O–H groups in total. The molecular formula is C25H23N3O4. The Bertz CT molecular complexity index is 1180. The fourth-order valence-corrected chi connectivity index (χ4v) is 3.00. The van der Waals surface area contributed by atoms with Gasteiger partial charge in [0.15, 0.2) is 0 Å². The largest absolute Gasteiger partial charge is 0.422 e.